The molecule has 0 aromatic heterocycles. The van der Waals surface area contributed by atoms with Crippen molar-refractivity contribution in [3.63, 3.8) is 0 Å². The van der Waals surface area contributed by atoms with E-state index in [1.807, 2.05) is 0 Å². The molecule has 0 aliphatic carbocycles. The van der Waals surface area contributed by atoms with Crippen molar-refractivity contribution in [2.75, 3.05) is 6.61 Å². The molecule has 0 unspecified atom stereocenters. The molecule has 0 amide bonds. The summed E-state index contributed by atoms with van der Waals surface area (Å²) in [6.45, 7) is 0.754. The minimum Gasteiger partial charge on any atom is -0.492 e. The molecule has 0 spiro atoms. The number of hydrogen-bond donors (Lipinski definition) is 1. The van der Waals surface area contributed by atoms with Crippen molar-refractivity contribution in [3.8, 4) is 16.9 Å². The van der Waals surface area contributed by atoms with E-state index in [2.05, 4.69) is 54.6 Å². The van der Waals surface area contributed by atoms with Crippen LogP contribution in [-0.2, 0) is 6.42 Å². The Kier molecular flexibility index (Phi) is 3.09. The molecule has 3 heteroatoms. The molecule has 2 N–H and O–H groups in total. The fourth-order valence-corrected chi connectivity index (χ4v) is 3.39. The molecule has 4 rings (SSSR count). The second-order valence-electron chi connectivity index (χ2n) is 5.24. The van der Waals surface area contributed by atoms with E-state index in [0.717, 1.165) is 23.7 Å². The van der Waals surface area contributed by atoms with Gasteiger partial charge in [0, 0.05) is 6.42 Å². The molecule has 0 atom stereocenters. The number of hydrogen-bond acceptors (Lipinski definition) is 3. The van der Waals surface area contributed by atoms with E-state index < -0.39 is 0 Å². The monoisotopic (exact) mass is 293 g/mol. The summed E-state index contributed by atoms with van der Waals surface area (Å²) in [6.07, 6.45) is 0.963. The van der Waals surface area contributed by atoms with E-state index in [-0.39, 0.29) is 0 Å². The van der Waals surface area contributed by atoms with Crippen LogP contribution in [0.2, 0.25) is 0 Å². The van der Waals surface area contributed by atoms with Crippen molar-refractivity contribution in [2.45, 2.75) is 11.3 Å². The van der Waals surface area contributed by atoms with Gasteiger partial charge in [-0.2, -0.15) is 0 Å². The topological polar surface area (TPSA) is 35.2 Å². The molecule has 0 radical (unpaired) electrons. The largest absolute Gasteiger partial charge is 0.492 e. The highest BCUT2D eigenvalue weighted by Crippen LogP contribution is 2.38. The van der Waals surface area contributed by atoms with Gasteiger partial charge in [0.05, 0.1) is 11.5 Å². The summed E-state index contributed by atoms with van der Waals surface area (Å²) >= 11 is 1.26. The van der Waals surface area contributed by atoms with E-state index in [1.54, 1.807) is 0 Å². The van der Waals surface area contributed by atoms with Gasteiger partial charge < -0.3 is 4.74 Å². The molecular formula is C18H15NOS. The first-order chi connectivity index (χ1) is 10.3. The Labute approximate surface area is 128 Å². The van der Waals surface area contributed by atoms with E-state index in [9.17, 15) is 0 Å². The van der Waals surface area contributed by atoms with Gasteiger partial charge in [0.15, 0.2) is 0 Å². The predicted octanol–water partition coefficient (Wildman–Crippen LogP) is 4.41. The number of benzene rings is 3. The molecule has 3 aromatic carbocycles. The zero-order valence-electron chi connectivity index (χ0n) is 11.5. The molecule has 1 heterocycles. The molecule has 0 saturated heterocycles. The smallest absolute Gasteiger partial charge is 0.137 e. The Balaban J connectivity index is 1.88. The second-order valence-corrected chi connectivity index (χ2v) is 5.92. The Hall–Kier alpha value is -1.97. The summed E-state index contributed by atoms with van der Waals surface area (Å²) in [5.74, 6) is 0.965. The van der Waals surface area contributed by atoms with Gasteiger partial charge in [-0.1, -0.05) is 36.4 Å². The first-order valence-electron chi connectivity index (χ1n) is 7.01. The molecule has 1 aliphatic rings. The van der Waals surface area contributed by atoms with E-state index >= 15 is 0 Å². The van der Waals surface area contributed by atoms with Gasteiger partial charge in [-0.15, -0.1) is 0 Å². The van der Waals surface area contributed by atoms with Gasteiger partial charge in [0.1, 0.15) is 5.75 Å². The fourth-order valence-electron chi connectivity index (χ4n) is 2.90. The second kappa shape index (κ2) is 5.10. The SMILES string of the molecule is NSc1cc(-c2ccc3ccccc3c2)cc2c1OCC2. The molecule has 3 aromatic rings. The average molecular weight is 293 g/mol. The van der Waals surface area contributed by atoms with E-state index in [4.69, 9.17) is 9.88 Å². The van der Waals surface area contributed by atoms with Crippen molar-refractivity contribution in [1.82, 2.24) is 0 Å². The summed E-state index contributed by atoms with van der Waals surface area (Å²) in [5, 5.41) is 8.32. The van der Waals surface area contributed by atoms with Crippen molar-refractivity contribution < 1.29 is 4.74 Å². The third kappa shape index (κ3) is 2.19. The van der Waals surface area contributed by atoms with Crippen molar-refractivity contribution in [1.29, 1.82) is 0 Å². The highest BCUT2D eigenvalue weighted by Gasteiger charge is 2.18. The quantitative estimate of drug-likeness (QED) is 0.711. The maximum atomic E-state index is 5.80. The van der Waals surface area contributed by atoms with Crippen LogP contribution in [0.3, 0.4) is 0 Å². The van der Waals surface area contributed by atoms with Gasteiger partial charge in [-0.25, -0.2) is 0 Å². The lowest BCUT2D eigenvalue weighted by Gasteiger charge is -2.10. The normalized spacial score (nSPS) is 13.2. The highest BCUT2D eigenvalue weighted by atomic mass is 32.2. The Morgan fingerprint density at radius 3 is 2.62 bits per heavy atom. The summed E-state index contributed by atoms with van der Waals surface area (Å²) in [5.41, 5.74) is 3.69. The summed E-state index contributed by atoms with van der Waals surface area (Å²) in [4.78, 5) is 1.02. The van der Waals surface area contributed by atoms with Gasteiger partial charge in [0.2, 0.25) is 0 Å². The number of ether oxygens (including phenoxy) is 1. The van der Waals surface area contributed by atoms with Gasteiger partial charge in [-0.05, 0) is 57.6 Å². The summed E-state index contributed by atoms with van der Waals surface area (Å²) < 4.78 is 5.68. The zero-order chi connectivity index (χ0) is 14.2. The third-order valence-electron chi connectivity index (χ3n) is 3.96. The van der Waals surface area contributed by atoms with Crippen LogP contribution >= 0.6 is 11.9 Å². The van der Waals surface area contributed by atoms with Crippen LogP contribution in [0, 0.1) is 0 Å². The van der Waals surface area contributed by atoms with Gasteiger partial charge in [-0.3, -0.25) is 5.14 Å². The summed E-state index contributed by atoms with van der Waals surface area (Å²) in [7, 11) is 0. The maximum Gasteiger partial charge on any atom is 0.137 e. The summed E-state index contributed by atoms with van der Waals surface area (Å²) in [6, 6.07) is 19.4. The standard InChI is InChI=1S/C18H15NOS/c19-21-17-11-16(10-15-7-8-20-18(15)17)14-6-5-12-3-1-2-4-13(12)9-14/h1-6,9-11H,7-8,19H2. The first kappa shape index (κ1) is 12.7. The molecular weight excluding hydrogens is 278 g/mol. The lowest BCUT2D eigenvalue weighted by molar-refractivity contribution is 0.350. The average Bonchev–Trinajstić information content (AvgIpc) is 3.02. The molecule has 104 valence electrons. The Bertz CT molecular complexity index is 829. The molecule has 2 nitrogen and oxygen atoms in total. The highest BCUT2D eigenvalue weighted by molar-refractivity contribution is 7.97. The van der Waals surface area contributed by atoms with Crippen LogP contribution in [0.1, 0.15) is 5.56 Å². The van der Waals surface area contributed by atoms with Crippen LogP contribution in [0.15, 0.2) is 59.5 Å². The minimum absolute atomic E-state index is 0.754. The van der Waals surface area contributed by atoms with Crippen LogP contribution in [0.4, 0.5) is 0 Å². The van der Waals surface area contributed by atoms with E-state index in [0.29, 0.717) is 0 Å². The molecule has 0 fully saturated rings. The lowest BCUT2D eigenvalue weighted by Crippen LogP contribution is -1.90. The zero-order valence-corrected chi connectivity index (χ0v) is 12.3. The van der Waals surface area contributed by atoms with Crippen LogP contribution in [0.25, 0.3) is 21.9 Å². The molecule has 21 heavy (non-hydrogen) atoms. The van der Waals surface area contributed by atoms with Gasteiger partial charge >= 0.3 is 0 Å². The third-order valence-corrected chi connectivity index (χ3v) is 4.52. The van der Waals surface area contributed by atoms with Crippen molar-refractivity contribution in [2.24, 2.45) is 5.14 Å². The van der Waals surface area contributed by atoms with E-state index in [1.165, 1.54) is 39.4 Å². The fraction of sp³-hybridized carbons (Fsp3) is 0.111. The van der Waals surface area contributed by atoms with Crippen molar-refractivity contribution in [3.05, 3.63) is 60.2 Å². The Morgan fingerprint density at radius 2 is 1.76 bits per heavy atom. The van der Waals surface area contributed by atoms with Crippen LogP contribution in [0.5, 0.6) is 5.75 Å². The maximum absolute atomic E-state index is 5.80. The molecule has 1 aliphatic heterocycles. The van der Waals surface area contributed by atoms with Crippen LogP contribution in [-0.4, -0.2) is 6.61 Å². The predicted molar refractivity (Wildman–Crippen MR) is 88.6 cm³/mol. The lowest BCUT2D eigenvalue weighted by atomic mass is 9.99. The Morgan fingerprint density at radius 1 is 0.905 bits per heavy atom. The first-order valence-corrected chi connectivity index (χ1v) is 7.89. The molecule has 0 saturated carbocycles. The number of rotatable bonds is 2. The minimum atomic E-state index is 0.754. The molecule has 0 bridgehead atoms. The number of nitrogens with two attached hydrogens (primary N) is 1. The van der Waals surface area contributed by atoms with Crippen molar-refractivity contribution >= 4 is 22.7 Å². The number of fused-ring (bicyclic) bond motifs is 2. The van der Waals surface area contributed by atoms with Gasteiger partial charge in [0.25, 0.3) is 0 Å². The van der Waals surface area contributed by atoms with Crippen LogP contribution < -0.4 is 9.88 Å².